The highest BCUT2D eigenvalue weighted by molar-refractivity contribution is 6.16. The zero-order valence-electron chi connectivity index (χ0n) is 16.8. The summed E-state index contributed by atoms with van der Waals surface area (Å²) < 4.78 is 5.63. The third-order valence-corrected chi connectivity index (χ3v) is 5.40. The summed E-state index contributed by atoms with van der Waals surface area (Å²) in [5.41, 5.74) is 3.13. The van der Waals surface area contributed by atoms with Crippen LogP contribution in [0.25, 0.3) is 5.57 Å². The van der Waals surface area contributed by atoms with E-state index in [1.807, 2.05) is 42.5 Å². The Morgan fingerprint density at radius 3 is 2.36 bits per heavy atom. The van der Waals surface area contributed by atoms with Crippen LogP contribution in [0.3, 0.4) is 0 Å². The van der Waals surface area contributed by atoms with Crippen molar-refractivity contribution in [1.29, 1.82) is 0 Å². The van der Waals surface area contributed by atoms with E-state index in [2.05, 4.69) is 29.7 Å². The lowest BCUT2D eigenvalue weighted by molar-refractivity contribution is -0.130. The summed E-state index contributed by atoms with van der Waals surface area (Å²) in [5, 5.41) is 9.80. The molecular formula is C23H28N2O3. The van der Waals surface area contributed by atoms with Gasteiger partial charge in [-0.05, 0) is 30.3 Å². The van der Waals surface area contributed by atoms with Gasteiger partial charge in [-0.25, -0.2) is 4.79 Å². The van der Waals surface area contributed by atoms with E-state index in [-0.39, 0.29) is 6.04 Å². The first-order chi connectivity index (χ1) is 13.6. The molecule has 0 aliphatic carbocycles. The predicted molar refractivity (Wildman–Crippen MR) is 111 cm³/mol. The number of para-hydroxylation sites is 1. The Morgan fingerprint density at radius 2 is 1.71 bits per heavy atom. The smallest absolute Gasteiger partial charge is 0.337 e. The molecule has 0 saturated heterocycles. The van der Waals surface area contributed by atoms with Crippen molar-refractivity contribution in [3.05, 3.63) is 71.4 Å². The number of nitrogens with zero attached hydrogens (tertiary/aromatic N) is 2. The first-order valence-electron chi connectivity index (χ1n) is 9.76. The van der Waals surface area contributed by atoms with Crippen LogP contribution in [0.5, 0.6) is 5.75 Å². The monoisotopic (exact) mass is 380 g/mol. The molecule has 0 saturated carbocycles. The molecule has 0 amide bonds. The highest BCUT2D eigenvalue weighted by atomic mass is 16.5. The van der Waals surface area contributed by atoms with Crippen molar-refractivity contribution in [1.82, 2.24) is 9.80 Å². The van der Waals surface area contributed by atoms with Gasteiger partial charge in [-0.2, -0.15) is 0 Å². The van der Waals surface area contributed by atoms with Crippen molar-refractivity contribution in [2.24, 2.45) is 0 Å². The maximum absolute atomic E-state index is 11.9. The average Bonchev–Trinajstić information content (AvgIpc) is 2.73. The van der Waals surface area contributed by atoms with Crippen molar-refractivity contribution in [2.75, 3.05) is 33.3 Å². The minimum absolute atomic E-state index is 0.0917. The molecule has 1 aliphatic heterocycles. The Hall–Kier alpha value is -2.79. The summed E-state index contributed by atoms with van der Waals surface area (Å²) in [6.07, 6.45) is 1.80. The average molecular weight is 380 g/mol. The lowest BCUT2D eigenvalue weighted by Gasteiger charge is -2.38. The van der Waals surface area contributed by atoms with Gasteiger partial charge in [-0.1, -0.05) is 56.3 Å². The molecule has 148 valence electrons. The number of carbonyl (C=O) groups is 1. The van der Waals surface area contributed by atoms with Crippen LogP contribution in [-0.2, 0) is 4.79 Å². The molecule has 1 aliphatic rings. The largest absolute Gasteiger partial charge is 0.496 e. The molecule has 0 spiro atoms. The number of carboxylic acid groups (broad SMARTS) is 1. The molecule has 1 unspecified atom stereocenters. The fourth-order valence-electron chi connectivity index (χ4n) is 3.87. The summed E-state index contributed by atoms with van der Waals surface area (Å²) in [6, 6.07) is 15.6. The van der Waals surface area contributed by atoms with E-state index in [1.54, 1.807) is 13.3 Å². The van der Waals surface area contributed by atoms with E-state index in [0.29, 0.717) is 5.57 Å². The van der Waals surface area contributed by atoms with Gasteiger partial charge in [0.2, 0.25) is 0 Å². The standard InChI is InChI=1S/C23H28N2O3/c1-4-24(5-2)14-15-25-16-20(23(26)27)17-10-6-7-11-18(17)22(25)19-12-8-9-13-21(19)28-3/h6-13,16,22H,4-5,14-15H2,1-3H3,(H,26,27). The molecule has 0 bridgehead atoms. The Balaban J connectivity index is 2.10. The van der Waals surface area contributed by atoms with Crippen LogP contribution in [0.4, 0.5) is 0 Å². The zero-order valence-corrected chi connectivity index (χ0v) is 16.8. The fourth-order valence-corrected chi connectivity index (χ4v) is 3.87. The van der Waals surface area contributed by atoms with Crippen LogP contribution in [0.1, 0.15) is 36.6 Å². The summed E-state index contributed by atoms with van der Waals surface area (Å²) in [4.78, 5) is 16.4. The number of likely N-dealkylation sites (N-methyl/N-ethyl adjacent to an activating group) is 1. The fraction of sp³-hybridized carbons (Fsp3) is 0.348. The van der Waals surface area contributed by atoms with Crippen molar-refractivity contribution in [2.45, 2.75) is 19.9 Å². The van der Waals surface area contributed by atoms with Crippen molar-refractivity contribution < 1.29 is 14.6 Å². The van der Waals surface area contributed by atoms with E-state index >= 15 is 0 Å². The number of hydrogen-bond acceptors (Lipinski definition) is 4. The van der Waals surface area contributed by atoms with Crippen molar-refractivity contribution in [3.63, 3.8) is 0 Å². The highest BCUT2D eigenvalue weighted by Gasteiger charge is 2.32. The lowest BCUT2D eigenvalue weighted by atomic mass is 9.86. The molecule has 5 nitrogen and oxygen atoms in total. The Morgan fingerprint density at radius 1 is 1.07 bits per heavy atom. The van der Waals surface area contributed by atoms with Crippen LogP contribution >= 0.6 is 0 Å². The van der Waals surface area contributed by atoms with Gasteiger partial charge in [0.1, 0.15) is 5.75 Å². The Kier molecular flexibility index (Phi) is 6.37. The van der Waals surface area contributed by atoms with E-state index in [9.17, 15) is 9.90 Å². The summed E-state index contributed by atoms with van der Waals surface area (Å²) >= 11 is 0. The molecule has 1 N–H and O–H groups in total. The third-order valence-electron chi connectivity index (χ3n) is 5.40. The van der Waals surface area contributed by atoms with Gasteiger partial charge in [-0.3, -0.25) is 0 Å². The van der Waals surface area contributed by atoms with Gasteiger partial charge >= 0.3 is 5.97 Å². The summed E-state index contributed by atoms with van der Waals surface area (Å²) in [6.45, 7) is 7.82. The SMILES string of the molecule is CCN(CC)CCN1C=C(C(=O)O)c2ccccc2C1c1ccccc1OC. The number of rotatable bonds is 8. The number of hydrogen-bond donors (Lipinski definition) is 1. The Labute approximate surface area is 166 Å². The first kappa shape index (κ1) is 20.0. The second-order valence-corrected chi connectivity index (χ2v) is 6.84. The molecule has 0 fully saturated rings. The molecule has 2 aromatic rings. The highest BCUT2D eigenvalue weighted by Crippen LogP contribution is 2.41. The molecule has 28 heavy (non-hydrogen) atoms. The topological polar surface area (TPSA) is 53.0 Å². The van der Waals surface area contributed by atoms with Crippen LogP contribution < -0.4 is 4.74 Å². The van der Waals surface area contributed by atoms with Gasteiger partial charge in [0.15, 0.2) is 0 Å². The van der Waals surface area contributed by atoms with E-state index in [0.717, 1.165) is 48.6 Å². The molecular weight excluding hydrogens is 352 g/mol. The summed E-state index contributed by atoms with van der Waals surface area (Å²) in [7, 11) is 1.67. The van der Waals surface area contributed by atoms with E-state index < -0.39 is 5.97 Å². The van der Waals surface area contributed by atoms with E-state index in [1.165, 1.54) is 0 Å². The molecule has 0 radical (unpaired) electrons. The van der Waals surface area contributed by atoms with Gasteiger partial charge < -0.3 is 19.6 Å². The van der Waals surface area contributed by atoms with Gasteiger partial charge in [0.25, 0.3) is 0 Å². The van der Waals surface area contributed by atoms with Gasteiger partial charge in [0, 0.05) is 24.9 Å². The normalized spacial score (nSPS) is 15.9. The number of carboxylic acids is 1. The number of benzene rings is 2. The number of aliphatic carboxylic acids is 1. The van der Waals surface area contributed by atoms with Crippen LogP contribution in [0, 0.1) is 0 Å². The second-order valence-electron chi connectivity index (χ2n) is 6.84. The number of ether oxygens (including phenoxy) is 1. The van der Waals surface area contributed by atoms with Gasteiger partial charge in [-0.15, -0.1) is 0 Å². The lowest BCUT2D eigenvalue weighted by Crippen LogP contribution is -2.37. The Bertz CT molecular complexity index is 858. The van der Waals surface area contributed by atoms with Crippen molar-refractivity contribution in [3.8, 4) is 5.75 Å². The van der Waals surface area contributed by atoms with Crippen LogP contribution in [-0.4, -0.2) is 54.2 Å². The quantitative estimate of drug-likeness (QED) is 0.753. The van der Waals surface area contributed by atoms with Crippen LogP contribution in [0.15, 0.2) is 54.7 Å². The van der Waals surface area contributed by atoms with Gasteiger partial charge in [0.05, 0.1) is 18.7 Å². The first-order valence-corrected chi connectivity index (χ1v) is 9.76. The second kappa shape index (κ2) is 8.93. The van der Waals surface area contributed by atoms with E-state index in [4.69, 9.17) is 4.74 Å². The minimum atomic E-state index is -0.904. The molecule has 2 aromatic carbocycles. The molecule has 3 rings (SSSR count). The zero-order chi connectivity index (χ0) is 20.1. The third kappa shape index (κ3) is 3.90. The minimum Gasteiger partial charge on any atom is -0.496 e. The number of fused-ring (bicyclic) bond motifs is 1. The maximum atomic E-state index is 11.9. The van der Waals surface area contributed by atoms with Crippen molar-refractivity contribution >= 4 is 11.5 Å². The molecule has 1 atom stereocenters. The predicted octanol–water partition coefficient (Wildman–Crippen LogP) is 3.87. The molecule has 1 heterocycles. The van der Waals surface area contributed by atoms with Crippen LogP contribution in [0.2, 0.25) is 0 Å². The number of methoxy groups -OCH3 is 1. The maximum Gasteiger partial charge on any atom is 0.337 e. The molecule has 0 aromatic heterocycles. The molecule has 5 heteroatoms. The summed E-state index contributed by atoms with van der Waals surface area (Å²) in [5.74, 6) is -0.0962.